The van der Waals surface area contributed by atoms with Crippen LogP contribution in [-0.2, 0) is 29.4 Å². The highest BCUT2D eigenvalue weighted by atomic mass is 31.3. The average Bonchev–Trinajstić information content (AvgIpc) is 3.64. The molecule has 0 bridgehead atoms. The maximum absolute atomic E-state index is 12.5. The van der Waals surface area contributed by atoms with Gasteiger partial charge in [0.05, 0.1) is 6.33 Å². The molecule has 244 valence electrons. The van der Waals surface area contributed by atoms with Crippen LogP contribution >= 0.6 is 16.3 Å². The average molecular weight is 676 g/mol. The summed E-state index contributed by atoms with van der Waals surface area (Å²) in [6.07, 6.45) is -7.89. The summed E-state index contributed by atoms with van der Waals surface area (Å²) in [4.78, 5) is 59.6. The Labute approximate surface area is 253 Å². The molecule has 2 fully saturated rings. The van der Waals surface area contributed by atoms with Crippen molar-refractivity contribution in [2.75, 3.05) is 18.9 Å². The topological polar surface area (TPSA) is 336 Å². The van der Waals surface area contributed by atoms with Crippen molar-refractivity contribution < 1.29 is 67.4 Å². The minimum absolute atomic E-state index is 0.0529. The first-order valence-electron chi connectivity index (χ1n) is 12.9. The first kappa shape index (κ1) is 33.5. The number of aliphatic hydroxyl groups excluding tert-OH is 4. The lowest BCUT2D eigenvalue weighted by Crippen LogP contribution is -2.48. The van der Waals surface area contributed by atoms with E-state index in [4.69, 9.17) is 29.8 Å². The summed E-state index contributed by atoms with van der Waals surface area (Å²) in [5.74, 6) is 0.0529. The number of phosphoric ester groups is 2. The third-order valence-electron chi connectivity index (χ3n) is 6.89. The summed E-state index contributed by atoms with van der Waals surface area (Å²) in [6, 6.07) is 4.80. The first-order chi connectivity index (χ1) is 21.3. The fourth-order valence-corrected chi connectivity index (χ4v) is 6.83. The van der Waals surface area contributed by atoms with Crippen molar-refractivity contribution in [1.29, 1.82) is 0 Å². The minimum atomic E-state index is -5.37. The summed E-state index contributed by atoms with van der Waals surface area (Å²) < 4.78 is 27.5. The summed E-state index contributed by atoms with van der Waals surface area (Å²) >= 11 is 0. The number of imidazole rings is 1. The van der Waals surface area contributed by atoms with Crippen molar-refractivity contribution >= 4 is 33.3 Å². The third-order valence-corrected chi connectivity index (χ3v) is 9.50. The number of fused-ring (bicyclic) bond motifs is 1. The van der Waals surface area contributed by atoms with Gasteiger partial charge in [-0.05, 0) is 5.53 Å². The highest BCUT2D eigenvalue weighted by Crippen LogP contribution is 2.65. The Kier molecular flexibility index (Phi) is 10.0. The van der Waals surface area contributed by atoms with Crippen LogP contribution in [0, 0.1) is 0 Å². The van der Waals surface area contributed by atoms with E-state index in [1.165, 1.54) is 21.7 Å². The van der Waals surface area contributed by atoms with Gasteiger partial charge >= 0.3 is 16.3 Å². The van der Waals surface area contributed by atoms with Crippen LogP contribution in [0.25, 0.3) is 21.6 Å². The Morgan fingerprint density at radius 1 is 1.00 bits per heavy atom. The number of ether oxygens (including phenoxy) is 2. The number of nitrogen functional groups attached to an aromatic ring is 1. The van der Waals surface area contributed by atoms with E-state index in [0.29, 0.717) is 5.69 Å². The van der Waals surface area contributed by atoms with Crippen molar-refractivity contribution in [1.82, 2.24) is 19.5 Å². The molecule has 8 N–H and O–H groups in total. The van der Waals surface area contributed by atoms with Gasteiger partial charge < -0.3 is 45.4 Å². The van der Waals surface area contributed by atoms with Gasteiger partial charge in [-0.3, -0.25) is 4.57 Å². The molecular weight excluding hydrogens is 648 g/mol. The van der Waals surface area contributed by atoms with Crippen LogP contribution in [0.15, 0.2) is 42.2 Å². The van der Waals surface area contributed by atoms with E-state index in [9.17, 15) is 40.0 Å². The lowest BCUT2D eigenvalue weighted by Gasteiger charge is -2.25. The molecule has 0 aromatic carbocycles. The maximum Gasteiger partial charge on any atom is 0.434 e. The molecule has 0 radical (unpaired) electrons. The van der Waals surface area contributed by atoms with Gasteiger partial charge in [-0.2, -0.15) is 23.4 Å². The molecular formula is C21H28N9O13P2+. The summed E-state index contributed by atoms with van der Waals surface area (Å²) in [7, 11) is -10.7. The summed E-state index contributed by atoms with van der Waals surface area (Å²) in [5.41, 5.74) is 15.1. The number of phosphoric acid groups is 2. The van der Waals surface area contributed by atoms with Crippen molar-refractivity contribution in [3.63, 3.8) is 0 Å². The molecule has 2 aliphatic rings. The maximum atomic E-state index is 12.5. The van der Waals surface area contributed by atoms with Gasteiger partial charge in [0, 0.05) is 21.4 Å². The molecule has 3 aromatic heterocycles. The van der Waals surface area contributed by atoms with Crippen molar-refractivity contribution in [2.45, 2.75) is 55.6 Å². The molecule has 2 aliphatic heterocycles. The molecule has 3 aromatic rings. The highest BCUT2D eigenvalue weighted by molar-refractivity contribution is 7.66. The molecule has 22 nitrogen and oxygen atoms in total. The van der Waals surface area contributed by atoms with E-state index in [1.54, 1.807) is 18.2 Å². The minimum Gasteiger partial charge on any atom is -0.603 e. The molecule has 0 amide bonds. The molecule has 0 saturated carbocycles. The lowest BCUT2D eigenvalue weighted by atomic mass is 10.1. The molecule has 24 heteroatoms. The molecule has 5 heterocycles. The van der Waals surface area contributed by atoms with Crippen LogP contribution in [0.2, 0.25) is 0 Å². The zero-order chi connectivity index (χ0) is 32.5. The predicted molar refractivity (Wildman–Crippen MR) is 142 cm³/mol. The van der Waals surface area contributed by atoms with Gasteiger partial charge in [-0.25, -0.2) is 15.0 Å². The van der Waals surface area contributed by atoms with E-state index in [1.807, 2.05) is 0 Å². The summed E-state index contributed by atoms with van der Waals surface area (Å²) in [5, 5.41) is 45.3. The molecule has 2 saturated heterocycles. The summed E-state index contributed by atoms with van der Waals surface area (Å²) in [6.45, 7) is -1.89. The van der Waals surface area contributed by atoms with Gasteiger partial charge in [-0.15, -0.1) is 0 Å². The smallest absolute Gasteiger partial charge is 0.434 e. The van der Waals surface area contributed by atoms with E-state index in [0.717, 1.165) is 6.33 Å². The van der Waals surface area contributed by atoms with E-state index >= 15 is 0 Å². The van der Waals surface area contributed by atoms with Gasteiger partial charge in [0.15, 0.2) is 35.7 Å². The number of aliphatic hydroxyl groups is 4. The van der Waals surface area contributed by atoms with Gasteiger partial charge in [0.25, 0.3) is 6.23 Å². The van der Waals surface area contributed by atoms with E-state index in [2.05, 4.69) is 29.3 Å². The Morgan fingerprint density at radius 3 is 2.36 bits per heavy atom. The van der Waals surface area contributed by atoms with E-state index < -0.39 is 78.6 Å². The lowest BCUT2D eigenvalue weighted by molar-refractivity contribution is -0.771. The fourth-order valence-electron chi connectivity index (χ4n) is 4.74. The molecule has 2 unspecified atom stereocenters. The number of nitrogens with two attached hydrogens (primary N) is 1. The first-order valence-corrected chi connectivity index (χ1v) is 15.9. The van der Waals surface area contributed by atoms with Gasteiger partial charge in [0.2, 0.25) is 0 Å². The standard InChI is InChI=1S/C21H27N9O13P2/c22-18-13-19(25-8-24-18)30(9-26-13)21-17(34)15(32)12(42-21)7-40-45(37,38)43-44(35,36)39-6-11-14(31)16(33)20(41-11)29-4-2-1-3-10(29)5-27-28-23/h1-4,8-9,11-12,14-17,20-21,31-34H,5-7H2,(H3-,22,24,25,35,36,37,38)/p+1/t11-,12-,14-,15-,16-,17-,20-,21-/m1/s1. The van der Waals surface area contributed by atoms with Gasteiger partial charge in [-0.1, -0.05) is 11.2 Å². The molecule has 0 aliphatic carbocycles. The quantitative estimate of drug-likeness (QED) is 0.0322. The molecule has 5 rings (SSSR count). The number of hydrogen-bond donors (Lipinski definition) is 7. The monoisotopic (exact) mass is 676 g/mol. The van der Waals surface area contributed by atoms with Crippen molar-refractivity contribution in [2.24, 2.45) is 5.11 Å². The second-order valence-corrected chi connectivity index (χ2v) is 12.8. The number of hydrogen-bond acceptors (Lipinski definition) is 18. The number of rotatable bonds is 12. The Balaban J connectivity index is 1.16. The van der Waals surface area contributed by atoms with Crippen LogP contribution in [0.5, 0.6) is 0 Å². The number of aromatic nitrogens is 5. The Hall–Kier alpha value is -2.85. The van der Waals surface area contributed by atoms with Crippen LogP contribution in [0.3, 0.4) is 0 Å². The predicted octanol–water partition coefficient (Wildman–Crippen LogP) is -3.44. The SMILES string of the molecule is [N-]=[N+]=NCc1cccc[n+]1[C@@H]1O[C@H](CO[P+]([O-])(O)O[P+]([O-])(O)OC[C@H]2O[C@@H](n3cnc4c(N)ncnc43)[C@H](O)[C@@H]2O)[C@@H](O)[C@H]1O. The second kappa shape index (κ2) is 13.5. The Morgan fingerprint density at radius 2 is 1.67 bits per heavy atom. The zero-order valence-electron chi connectivity index (χ0n) is 22.8. The number of pyridine rings is 1. The van der Waals surface area contributed by atoms with Crippen molar-refractivity contribution in [3.05, 3.63) is 53.2 Å². The largest absolute Gasteiger partial charge is 0.603 e. The number of azide groups is 1. The highest BCUT2D eigenvalue weighted by Gasteiger charge is 2.53. The molecule has 0 spiro atoms. The second-order valence-electron chi connectivity index (χ2n) is 9.77. The normalized spacial score (nSPS) is 31.0. The van der Waals surface area contributed by atoms with Crippen LogP contribution in [0.4, 0.5) is 5.82 Å². The Bertz CT molecular complexity index is 1550. The zero-order valence-corrected chi connectivity index (χ0v) is 24.6. The molecule has 10 atom stereocenters. The fraction of sp³-hybridized carbons (Fsp3) is 0.524. The van der Waals surface area contributed by atoms with Crippen molar-refractivity contribution in [3.8, 4) is 0 Å². The van der Waals surface area contributed by atoms with Crippen LogP contribution in [-0.4, -0.2) is 99.6 Å². The van der Waals surface area contributed by atoms with Crippen LogP contribution < -0.4 is 20.1 Å². The van der Waals surface area contributed by atoms with Gasteiger partial charge in [0.1, 0.15) is 62.1 Å². The third kappa shape index (κ3) is 7.27. The molecule has 45 heavy (non-hydrogen) atoms. The van der Waals surface area contributed by atoms with Crippen LogP contribution in [0.1, 0.15) is 18.1 Å². The number of nitrogens with zero attached hydrogens (tertiary/aromatic N) is 8. The van der Waals surface area contributed by atoms with E-state index in [-0.39, 0.29) is 23.5 Å². The number of anilines is 1.